The third-order valence-corrected chi connectivity index (χ3v) is 4.76. The van der Waals surface area contributed by atoms with Crippen molar-refractivity contribution < 1.29 is 4.79 Å². The van der Waals surface area contributed by atoms with Crippen LogP contribution in [-0.2, 0) is 11.2 Å². The molecule has 0 saturated heterocycles. The average molecular weight is 264 g/mol. The van der Waals surface area contributed by atoms with Crippen molar-refractivity contribution in [3.63, 3.8) is 0 Å². The molecule has 2 aliphatic carbocycles. The van der Waals surface area contributed by atoms with Crippen LogP contribution in [0.25, 0.3) is 0 Å². The van der Waals surface area contributed by atoms with Gasteiger partial charge >= 0.3 is 0 Å². The maximum Gasteiger partial charge on any atom is 0.224 e. The molecule has 0 aliphatic heterocycles. The van der Waals surface area contributed by atoms with E-state index in [1.54, 1.807) is 0 Å². The molecule has 2 nitrogen and oxygen atoms in total. The van der Waals surface area contributed by atoms with Crippen molar-refractivity contribution in [1.29, 1.82) is 0 Å². The minimum absolute atomic E-state index is 0.112. The highest BCUT2D eigenvalue weighted by Crippen LogP contribution is 2.44. The molecule has 0 heterocycles. The Morgan fingerprint density at radius 1 is 1.28 bits per heavy atom. The first-order chi connectivity index (χ1) is 8.72. The highest BCUT2D eigenvalue weighted by molar-refractivity contribution is 6.31. The third kappa shape index (κ3) is 2.39. The molecule has 3 atom stereocenters. The minimum Gasteiger partial charge on any atom is -0.353 e. The Balaban J connectivity index is 1.58. The molecule has 3 heteroatoms. The van der Waals surface area contributed by atoms with Crippen LogP contribution in [0.2, 0.25) is 5.02 Å². The van der Waals surface area contributed by atoms with Crippen LogP contribution in [0.3, 0.4) is 0 Å². The van der Waals surface area contributed by atoms with E-state index in [1.165, 1.54) is 25.7 Å². The summed E-state index contributed by atoms with van der Waals surface area (Å²) in [7, 11) is 0. The zero-order chi connectivity index (χ0) is 12.5. The summed E-state index contributed by atoms with van der Waals surface area (Å²) < 4.78 is 0. The van der Waals surface area contributed by atoms with Crippen molar-refractivity contribution >= 4 is 17.5 Å². The van der Waals surface area contributed by atoms with Crippen molar-refractivity contribution in [2.45, 2.75) is 38.1 Å². The number of benzene rings is 1. The Morgan fingerprint density at radius 3 is 2.78 bits per heavy atom. The zero-order valence-electron chi connectivity index (χ0n) is 10.4. The van der Waals surface area contributed by atoms with E-state index >= 15 is 0 Å². The predicted molar refractivity (Wildman–Crippen MR) is 72.5 cm³/mol. The van der Waals surface area contributed by atoms with Crippen LogP contribution in [0.1, 0.15) is 31.2 Å². The molecule has 0 unspecified atom stereocenters. The molecule has 2 bridgehead atoms. The van der Waals surface area contributed by atoms with E-state index in [-0.39, 0.29) is 5.91 Å². The van der Waals surface area contributed by atoms with E-state index in [4.69, 9.17) is 11.6 Å². The van der Waals surface area contributed by atoms with E-state index in [0.717, 1.165) is 17.4 Å². The molecule has 1 amide bonds. The fourth-order valence-corrected chi connectivity index (χ4v) is 3.70. The largest absolute Gasteiger partial charge is 0.353 e. The van der Waals surface area contributed by atoms with E-state index < -0.39 is 0 Å². The Labute approximate surface area is 113 Å². The number of carbonyl (C=O) groups is 1. The van der Waals surface area contributed by atoms with Crippen LogP contribution < -0.4 is 5.32 Å². The van der Waals surface area contributed by atoms with Gasteiger partial charge < -0.3 is 5.32 Å². The summed E-state index contributed by atoms with van der Waals surface area (Å²) >= 11 is 6.07. The molecule has 0 radical (unpaired) electrons. The molecule has 2 fully saturated rings. The number of amides is 1. The van der Waals surface area contributed by atoms with Gasteiger partial charge in [-0.05, 0) is 42.7 Å². The van der Waals surface area contributed by atoms with Gasteiger partial charge in [0.1, 0.15) is 0 Å². The molecule has 2 saturated carbocycles. The summed E-state index contributed by atoms with van der Waals surface area (Å²) in [5.74, 6) is 1.70. The van der Waals surface area contributed by atoms with Crippen molar-refractivity contribution in [2.24, 2.45) is 11.8 Å². The van der Waals surface area contributed by atoms with E-state index in [2.05, 4.69) is 5.32 Å². The second-order valence-electron chi connectivity index (χ2n) is 5.62. The molecule has 0 spiro atoms. The van der Waals surface area contributed by atoms with Gasteiger partial charge in [0.15, 0.2) is 0 Å². The van der Waals surface area contributed by atoms with Crippen LogP contribution in [-0.4, -0.2) is 11.9 Å². The molecule has 1 aromatic carbocycles. The average Bonchev–Trinajstić information content (AvgIpc) is 2.94. The van der Waals surface area contributed by atoms with Gasteiger partial charge in [0.2, 0.25) is 5.91 Å². The first kappa shape index (κ1) is 12.0. The quantitative estimate of drug-likeness (QED) is 0.892. The predicted octanol–water partition coefficient (Wildman–Crippen LogP) is 3.19. The van der Waals surface area contributed by atoms with E-state index in [0.29, 0.717) is 17.5 Å². The summed E-state index contributed by atoms with van der Waals surface area (Å²) in [5, 5.41) is 3.87. The second kappa shape index (κ2) is 4.93. The lowest BCUT2D eigenvalue weighted by molar-refractivity contribution is -0.121. The number of nitrogens with one attached hydrogen (secondary N) is 1. The Kier molecular flexibility index (Phi) is 3.29. The smallest absolute Gasteiger partial charge is 0.224 e. The summed E-state index contributed by atoms with van der Waals surface area (Å²) in [5.41, 5.74) is 0.917. The van der Waals surface area contributed by atoms with Crippen molar-refractivity contribution in [3.8, 4) is 0 Å². The Hall–Kier alpha value is -1.02. The van der Waals surface area contributed by atoms with Gasteiger partial charge in [0.25, 0.3) is 0 Å². The molecular weight excluding hydrogens is 246 g/mol. The minimum atomic E-state index is 0.112. The number of halogens is 1. The number of hydrogen-bond acceptors (Lipinski definition) is 1. The first-order valence-corrected chi connectivity index (χ1v) is 7.13. The zero-order valence-corrected chi connectivity index (χ0v) is 11.1. The third-order valence-electron chi connectivity index (χ3n) is 4.39. The highest BCUT2D eigenvalue weighted by Gasteiger charge is 2.39. The second-order valence-corrected chi connectivity index (χ2v) is 6.02. The lowest BCUT2D eigenvalue weighted by Crippen LogP contribution is -2.39. The fourth-order valence-electron chi connectivity index (χ4n) is 3.49. The van der Waals surface area contributed by atoms with Gasteiger partial charge in [-0.3, -0.25) is 4.79 Å². The van der Waals surface area contributed by atoms with Crippen LogP contribution in [0.15, 0.2) is 24.3 Å². The summed E-state index contributed by atoms with van der Waals surface area (Å²) in [6, 6.07) is 7.98. The SMILES string of the molecule is O=C(Cc1ccccc1Cl)N[C@@H]1C[C@H]2CC[C@@H]1C2. The van der Waals surface area contributed by atoms with Crippen molar-refractivity contribution in [1.82, 2.24) is 5.32 Å². The van der Waals surface area contributed by atoms with E-state index in [1.807, 2.05) is 24.3 Å². The van der Waals surface area contributed by atoms with Gasteiger partial charge in [-0.25, -0.2) is 0 Å². The molecule has 1 aromatic rings. The number of rotatable bonds is 3. The first-order valence-electron chi connectivity index (χ1n) is 6.75. The molecule has 1 N–H and O–H groups in total. The molecule has 0 aromatic heterocycles. The molecule has 96 valence electrons. The van der Waals surface area contributed by atoms with Crippen molar-refractivity contribution in [3.05, 3.63) is 34.9 Å². The highest BCUT2D eigenvalue weighted by atomic mass is 35.5. The van der Waals surface area contributed by atoms with Crippen LogP contribution in [0, 0.1) is 11.8 Å². The van der Waals surface area contributed by atoms with Gasteiger partial charge in [-0.2, -0.15) is 0 Å². The lowest BCUT2D eigenvalue weighted by Gasteiger charge is -2.23. The summed E-state index contributed by atoms with van der Waals surface area (Å²) in [6.45, 7) is 0. The maximum absolute atomic E-state index is 12.0. The standard InChI is InChI=1S/C15H18ClNO/c16-13-4-2-1-3-11(13)9-15(18)17-14-8-10-5-6-12(14)7-10/h1-4,10,12,14H,5-9H2,(H,17,18)/t10-,12+,14+/m0/s1. The van der Waals surface area contributed by atoms with Crippen LogP contribution in [0.4, 0.5) is 0 Å². The van der Waals surface area contributed by atoms with Gasteiger partial charge in [0.05, 0.1) is 6.42 Å². The molecule has 18 heavy (non-hydrogen) atoms. The van der Waals surface area contributed by atoms with Crippen LogP contribution in [0.5, 0.6) is 0 Å². The maximum atomic E-state index is 12.0. The summed E-state index contributed by atoms with van der Waals surface area (Å²) in [4.78, 5) is 12.0. The lowest BCUT2D eigenvalue weighted by atomic mass is 9.95. The summed E-state index contributed by atoms with van der Waals surface area (Å²) in [6.07, 6.45) is 5.55. The van der Waals surface area contributed by atoms with Crippen molar-refractivity contribution in [2.75, 3.05) is 0 Å². The molecule has 3 rings (SSSR count). The Morgan fingerprint density at radius 2 is 2.11 bits per heavy atom. The number of hydrogen-bond donors (Lipinski definition) is 1. The molecular formula is C15H18ClNO. The Bertz CT molecular complexity index is 460. The number of fused-ring (bicyclic) bond motifs is 2. The topological polar surface area (TPSA) is 29.1 Å². The van der Waals surface area contributed by atoms with Gasteiger partial charge in [-0.1, -0.05) is 36.2 Å². The molecule has 2 aliphatic rings. The van der Waals surface area contributed by atoms with E-state index in [9.17, 15) is 4.79 Å². The fraction of sp³-hybridized carbons (Fsp3) is 0.533. The monoisotopic (exact) mass is 263 g/mol. The van der Waals surface area contributed by atoms with Crippen LogP contribution >= 0.6 is 11.6 Å². The van der Waals surface area contributed by atoms with Gasteiger partial charge in [0, 0.05) is 11.1 Å². The van der Waals surface area contributed by atoms with Gasteiger partial charge in [-0.15, -0.1) is 0 Å². The number of carbonyl (C=O) groups excluding carboxylic acids is 1. The normalized spacial score (nSPS) is 29.5.